The second-order valence-electron chi connectivity index (χ2n) is 9.33. The number of nitrogens with one attached hydrogen (secondary N) is 1. The molecular weight excluding hydrogens is 388 g/mol. The zero-order chi connectivity index (χ0) is 22.6. The number of nitrogens with zero attached hydrogens (tertiary/aromatic N) is 3. The summed E-state index contributed by atoms with van der Waals surface area (Å²) >= 11 is 0. The average Bonchev–Trinajstić information content (AvgIpc) is 2.99. The molecule has 2 aromatic rings. The summed E-state index contributed by atoms with van der Waals surface area (Å²) in [4.78, 5) is 31.3. The highest BCUT2D eigenvalue weighted by Gasteiger charge is 2.23. The minimum atomic E-state index is -0.117. The van der Waals surface area contributed by atoms with Gasteiger partial charge >= 0.3 is 6.03 Å². The van der Waals surface area contributed by atoms with E-state index in [4.69, 9.17) is 0 Å². The van der Waals surface area contributed by atoms with E-state index < -0.39 is 0 Å². The van der Waals surface area contributed by atoms with Crippen molar-refractivity contribution in [2.24, 2.45) is 0 Å². The van der Waals surface area contributed by atoms with Gasteiger partial charge in [-0.2, -0.15) is 0 Å². The summed E-state index contributed by atoms with van der Waals surface area (Å²) in [6, 6.07) is 15.5. The van der Waals surface area contributed by atoms with Crippen molar-refractivity contribution >= 4 is 23.3 Å². The Labute approximate surface area is 185 Å². The molecule has 0 saturated carbocycles. The van der Waals surface area contributed by atoms with E-state index in [2.05, 4.69) is 38.2 Å². The Hall–Kier alpha value is -3.02. The molecule has 31 heavy (non-hydrogen) atoms. The van der Waals surface area contributed by atoms with Crippen LogP contribution in [0.5, 0.6) is 0 Å². The molecule has 1 N–H and O–H groups in total. The predicted octanol–water partition coefficient (Wildman–Crippen LogP) is 4.43. The number of amides is 3. The molecule has 2 aromatic carbocycles. The largest absolute Gasteiger partial charge is 0.378 e. The van der Waals surface area contributed by atoms with E-state index in [-0.39, 0.29) is 17.4 Å². The molecule has 0 unspecified atom stereocenters. The topological polar surface area (TPSA) is 55.9 Å². The quantitative estimate of drug-likeness (QED) is 0.796. The maximum Gasteiger partial charge on any atom is 0.321 e. The van der Waals surface area contributed by atoms with Crippen LogP contribution >= 0.6 is 0 Å². The van der Waals surface area contributed by atoms with E-state index in [1.54, 1.807) is 4.90 Å². The van der Waals surface area contributed by atoms with Crippen LogP contribution in [0.1, 0.15) is 43.1 Å². The highest BCUT2D eigenvalue weighted by atomic mass is 16.2. The van der Waals surface area contributed by atoms with Gasteiger partial charge < -0.3 is 20.0 Å². The molecule has 6 heteroatoms. The van der Waals surface area contributed by atoms with Crippen LogP contribution in [-0.2, 0) is 5.41 Å². The first-order valence-corrected chi connectivity index (χ1v) is 10.9. The fraction of sp³-hybridized carbons (Fsp3) is 0.440. The Morgan fingerprint density at radius 3 is 2.00 bits per heavy atom. The minimum absolute atomic E-state index is 0.0188. The minimum Gasteiger partial charge on any atom is -0.378 e. The molecule has 0 aliphatic carbocycles. The van der Waals surface area contributed by atoms with E-state index >= 15 is 0 Å². The van der Waals surface area contributed by atoms with Crippen molar-refractivity contribution in [2.75, 3.05) is 50.5 Å². The highest BCUT2D eigenvalue weighted by Crippen LogP contribution is 2.23. The van der Waals surface area contributed by atoms with Crippen molar-refractivity contribution in [3.63, 3.8) is 0 Å². The number of benzene rings is 2. The lowest BCUT2D eigenvalue weighted by atomic mass is 9.87. The molecule has 1 heterocycles. The van der Waals surface area contributed by atoms with Crippen molar-refractivity contribution < 1.29 is 9.59 Å². The summed E-state index contributed by atoms with van der Waals surface area (Å²) in [5.41, 5.74) is 3.84. The molecule has 0 aromatic heterocycles. The third kappa shape index (κ3) is 5.78. The van der Waals surface area contributed by atoms with E-state index in [9.17, 15) is 9.59 Å². The summed E-state index contributed by atoms with van der Waals surface area (Å²) in [7, 11) is 3.95. The Morgan fingerprint density at radius 1 is 0.839 bits per heavy atom. The molecule has 166 valence electrons. The standard InChI is InChI=1S/C25H34N4O2/c1-25(2,3)20-9-11-21(12-10-20)26-24(31)29-16-6-15-28(17-18-29)23(30)19-7-13-22(14-8-19)27(4)5/h7-14H,6,15-18H2,1-5H3,(H,26,31). The molecule has 3 rings (SSSR count). The molecule has 0 spiro atoms. The second-order valence-corrected chi connectivity index (χ2v) is 9.33. The average molecular weight is 423 g/mol. The second kappa shape index (κ2) is 9.41. The number of urea groups is 1. The zero-order valence-electron chi connectivity index (χ0n) is 19.3. The summed E-state index contributed by atoms with van der Waals surface area (Å²) < 4.78 is 0. The summed E-state index contributed by atoms with van der Waals surface area (Å²) in [6.45, 7) is 8.84. The van der Waals surface area contributed by atoms with Crippen LogP contribution in [0, 0.1) is 0 Å². The van der Waals surface area contributed by atoms with Crippen molar-refractivity contribution in [1.29, 1.82) is 0 Å². The van der Waals surface area contributed by atoms with Crippen molar-refractivity contribution in [2.45, 2.75) is 32.6 Å². The predicted molar refractivity (Wildman–Crippen MR) is 127 cm³/mol. The first-order valence-electron chi connectivity index (χ1n) is 10.9. The van der Waals surface area contributed by atoms with E-state index in [0.717, 1.165) is 17.8 Å². The molecule has 0 atom stereocenters. The maximum absolute atomic E-state index is 12.9. The van der Waals surface area contributed by atoms with Gasteiger partial charge in [-0.05, 0) is 53.8 Å². The Kier molecular flexibility index (Phi) is 6.88. The number of rotatable bonds is 3. The zero-order valence-corrected chi connectivity index (χ0v) is 19.3. The molecule has 1 fully saturated rings. The Bertz CT molecular complexity index is 899. The molecule has 3 amide bonds. The summed E-state index contributed by atoms with van der Waals surface area (Å²) in [5, 5.41) is 2.99. The normalized spacial score (nSPS) is 14.7. The first-order chi connectivity index (χ1) is 14.6. The third-order valence-electron chi connectivity index (χ3n) is 5.70. The fourth-order valence-electron chi connectivity index (χ4n) is 3.66. The molecule has 6 nitrogen and oxygen atoms in total. The molecular formula is C25H34N4O2. The molecule has 1 aliphatic rings. The lowest BCUT2D eigenvalue weighted by molar-refractivity contribution is 0.0762. The van der Waals surface area contributed by atoms with Crippen LogP contribution < -0.4 is 10.2 Å². The monoisotopic (exact) mass is 422 g/mol. The Balaban J connectivity index is 1.57. The lowest BCUT2D eigenvalue weighted by Gasteiger charge is -2.23. The summed E-state index contributed by atoms with van der Waals surface area (Å²) in [6.07, 6.45) is 0.762. The number of hydrogen-bond acceptors (Lipinski definition) is 3. The van der Waals surface area contributed by atoms with Crippen LogP contribution in [0.15, 0.2) is 48.5 Å². The SMILES string of the molecule is CN(C)c1ccc(C(=O)N2CCCN(C(=O)Nc3ccc(C(C)(C)C)cc3)CC2)cc1. The van der Waals surface area contributed by atoms with Crippen molar-refractivity contribution in [1.82, 2.24) is 9.80 Å². The van der Waals surface area contributed by atoms with E-state index in [1.165, 1.54) is 5.56 Å². The molecule has 1 aliphatic heterocycles. The van der Waals surface area contributed by atoms with Gasteiger partial charge in [0.25, 0.3) is 5.91 Å². The van der Waals surface area contributed by atoms with Crippen LogP contribution in [0.2, 0.25) is 0 Å². The molecule has 0 bridgehead atoms. The van der Waals surface area contributed by atoms with Gasteiger partial charge in [0.2, 0.25) is 0 Å². The van der Waals surface area contributed by atoms with E-state index in [0.29, 0.717) is 31.7 Å². The maximum atomic E-state index is 12.9. The van der Waals surface area contributed by atoms with Gasteiger partial charge in [-0.3, -0.25) is 4.79 Å². The summed E-state index contributed by atoms with van der Waals surface area (Å²) in [5.74, 6) is 0.0188. The van der Waals surface area contributed by atoms with Gasteiger partial charge in [0.1, 0.15) is 0 Å². The van der Waals surface area contributed by atoms with Crippen LogP contribution in [0.25, 0.3) is 0 Å². The molecule has 0 radical (unpaired) electrons. The van der Waals surface area contributed by atoms with Gasteiger partial charge in [-0.1, -0.05) is 32.9 Å². The highest BCUT2D eigenvalue weighted by molar-refractivity contribution is 5.95. The smallest absolute Gasteiger partial charge is 0.321 e. The van der Waals surface area contributed by atoms with Crippen LogP contribution in [-0.4, -0.2) is 62.0 Å². The van der Waals surface area contributed by atoms with Gasteiger partial charge in [-0.15, -0.1) is 0 Å². The molecule has 1 saturated heterocycles. The van der Waals surface area contributed by atoms with E-state index in [1.807, 2.05) is 60.3 Å². The van der Waals surface area contributed by atoms with Gasteiger partial charge in [0.05, 0.1) is 0 Å². The first kappa shape index (κ1) is 22.7. The number of carbonyl (C=O) groups is 2. The van der Waals surface area contributed by atoms with Crippen LogP contribution in [0.4, 0.5) is 16.2 Å². The number of anilines is 2. The van der Waals surface area contributed by atoms with Gasteiger partial charge in [0, 0.05) is 57.2 Å². The van der Waals surface area contributed by atoms with Gasteiger partial charge in [0.15, 0.2) is 0 Å². The Morgan fingerprint density at radius 2 is 1.42 bits per heavy atom. The lowest BCUT2D eigenvalue weighted by Crippen LogP contribution is -2.39. The van der Waals surface area contributed by atoms with Crippen molar-refractivity contribution in [3.8, 4) is 0 Å². The fourth-order valence-corrected chi connectivity index (χ4v) is 3.66. The van der Waals surface area contributed by atoms with Crippen LogP contribution in [0.3, 0.4) is 0 Å². The van der Waals surface area contributed by atoms with Crippen molar-refractivity contribution in [3.05, 3.63) is 59.7 Å². The van der Waals surface area contributed by atoms with Gasteiger partial charge in [-0.25, -0.2) is 4.79 Å². The third-order valence-corrected chi connectivity index (χ3v) is 5.70. The number of carbonyl (C=O) groups excluding carboxylic acids is 2. The number of hydrogen-bond donors (Lipinski definition) is 1.